The molecule has 1 amide bonds. The van der Waals surface area contributed by atoms with E-state index in [1.165, 1.54) is 5.56 Å². The second kappa shape index (κ2) is 6.75. The minimum absolute atomic E-state index is 0.0467. The van der Waals surface area contributed by atoms with Gasteiger partial charge in [0.25, 0.3) is 0 Å². The Labute approximate surface area is 149 Å². The van der Waals surface area contributed by atoms with E-state index in [0.29, 0.717) is 0 Å². The third-order valence-corrected chi connectivity index (χ3v) is 4.45. The molecule has 3 rings (SSSR count). The fraction of sp³-hybridized carbons (Fsp3) is 0.318. The first-order valence-electron chi connectivity index (χ1n) is 8.67. The molecule has 0 fully saturated rings. The smallest absolute Gasteiger partial charge is 0.244 e. The van der Waals surface area contributed by atoms with E-state index in [-0.39, 0.29) is 17.6 Å². The van der Waals surface area contributed by atoms with Gasteiger partial charge in [-0.1, -0.05) is 42.0 Å². The van der Waals surface area contributed by atoms with Crippen LogP contribution in [-0.2, 0) is 4.79 Å². The van der Waals surface area contributed by atoms with Crippen LogP contribution in [0.25, 0.3) is 6.08 Å². The maximum atomic E-state index is 12.4. The van der Waals surface area contributed by atoms with Crippen LogP contribution in [0.5, 0.6) is 5.75 Å². The highest BCUT2D eigenvalue weighted by atomic mass is 16.5. The number of carbonyl (C=O) groups is 1. The van der Waals surface area contributed by atoms with Gasteiger partial charge in [-0.2, -0.15) is 0 Å². The van der Waals surface area contributed by atoms with Crippen molar-refractivity contribution in [3.8, 4) is 5.75 Å². The van der Waals surface area contributed by atoms with Gasteiger partial charge < -0.3 is 10.1 Å². The summed E-state index contributed by atoms with van der Waals surface area (Å²) in [6, 6.07) is 14.2. The second-order valence-electron chi connectivity index (χ2n) is 7.41. The van der Waals surface area contributed by atoms with E-state index in [9.17, 15) is 4.79 Å². The molecule has 0 aromatic heterocycles. The number of fused-ring (bicyclic) bond motifs is 1. The summed E-state index contributed by atoms with van der Waals surface area (Å²) in [4.78, 5) is 12.4. The average Bonchev–Trinajstić information content (AvgIpc) is 2.52. The van der Waals surface area contributed by atoms with E-state index in [4.69, 9.17) is 4.74 Å². The third kappa shape index (κ3) is 4.30. The van der Waals surface area contributed by atoms with E-state index < -0.39 is 0 Å². The fourth-order valence-electron chi connectivity index (χ4n) is 3.16. The molecule has 0 unspecified atom stereocenters. The van der Waals surface area contributed by atoms with Gasteiger partial charge in [0.05, 0.1) is 6.04 Å². The Bertz CT molecular complexity index is 803. The quantitative estimate of drug-likeness (QED) is 0.823. The number of hydrogen-bond donors (Lipinski definition) is 1. The van der Waals surface area contributed by atoms with Gasteiger partial charge in [0.1, 0.15) is 11.4 Å². The molecule has 2 aromatic rings. The number of nitrogens with one attached hydrogen (secondary N) is 1. The van der Waals surface area contributed by atoms with Gasteiger partial charge in [-0.25, -0.2) is 0 Å². The van der Waals surface area contributed by atoms with Crippen LogP contribution in [0, 0.1) is 13.8 Å². The third-order valence-electron chi connectivity index (χ3n) is 4.45. The number of aryl methyl sites for hydroxylation is 2. The zero-order valence-electron chi connectivity index (χ0n) is 15.3. The first-order valence-corrected chi connectivity index (χ1v) is 8.67. The fourth-order valence-corrected chi connectivity index (χ4v) is 3.16. The lowest BCUT2D eigenvalue weighted by Gasteiger charge is -2.38. The van der Waals surface area contributed by atoms with Crippen LogP contribution in [-0.4, -0.2) is 11.5 Å². The van der Waals surface area contributed by atoms with Crippen molar-refractivity contribution in [2.45, 2.75) is 45.8 Å². The predicted molar refractivity (Wildman–Crippen MR) is 102 cm³/mol. The van der Waals surface area contributed by atoms with Gasteiger partial charge in [-0.15, -0.1) is 0 Å². The normalized spacial score (nSPS) is 18.5. The van der Waals surface area contributed by atoms with Crippen LogP contribution >= 0.6 is 0 Å². The standard InChI is InChI=1S/C22H25NO2/c1-15-5-8-17(9-6-15)10-12-21(24)23-19-14-22(3,4)25-20-13-16(2)7-11-18(19)20/h5-13,19H,14H2,1-4H3,(H,23,24)/b12-10+/t19-/m0/s1. The first kappa shape index (κ1) is 17.3. The van der Waals surface area contributed by atoms with E-state index in [1.807, 2.05) is 50.3 Å². The Hall–Kier alpha value is -2.55. The van der Waals surface area contributed by atoms with Crippen molar-refractivity contribution in [1.29, 1.82) is 0 Å². The lowest BCUT2D eigenvalue weighted by Crippen LogP contribution is -2.40. The largest absolute Gasteiger partial charge is 0.487 e. The number of carbonyl (C=O) groups excluding carboxylic acids is 1. The van der Waals surface area contributed by atoms with Crippen molar-refractivity contribution < 1.29 is 9.53 Å². The molecule has 3 nitrogen and oxygen atoms in total. The molecule has 1 heterocycles. The van der Waals surface area contributed by atoms with Crippen LogP contribution in [0.15, 0.2) is 48.5 Å². The molecule has 25 heavy (non-hydrogen) atoms. The number of ether oxygens (including phenoxy) is 1. The number of rotatable bonds is 3. The summed E-state index contributed by atoms with van der Waals surface area (Å²) in [7, 11) is 0. The lowest BCUT2D eigenvalue weighted by molar-refractivity contribution is -0.117. The van der Waals surface area contributed by atoms with Crippen molar-refractivity contribution in [3.63, 3.8) is 0 Å². The SMILES string of the molecule is Cc1ccc(/C=C/C(=O)N[C@H]2CC(C)(C)Oc3cc(C)ccc32)cc1. The van der Waals surface area contributed by atoms with Crippen molar-refractivity contribution in [2.75, 3.05) is 0 Å². The Morgan fingerprint density at radius 3 is 2.52 bits per heavy atom. The van der Waals surface area contributed by atoms with E-state index in [2.05, 4.69) is 31.3 Å². The monoisotopic (exact) mass is 335 g/mol. The zero-order valence-corrected chi connectivity index (χ0v) is 15.3. The van der Waals surface area contributed by atoms with Gasteiger partial charge in [-0.05, 0) is 51.0 Å². The highest BCUT2D eigenvalue weighted by Crippen LogP contribution is 2.39. The zero-order chi connectivity index (χ0) is 18.0. The maximum Gasteiger partial charge on any atom is 0.244 e. The van der Waals surface area contributed by atoms with Gasteiger partial charge in [0, 0.05) is 18.1 Å². The molecule has 0 saturated carbocycles. The Morgan fingerprint density at radius 1 is 1.12 bits per heavy atom. The molecule has 0 bridgehead atoms. The number of hydrogen-bond acceptors (Lipinski definition) is 2. The molecule has 1 atom stereocenters. The van der Waals surface area contributed by atoms with E-state index >= 15 is 0 Å². The van der Waals surface area contributed by atoms with Crippen molar-refractivity contribution in [1.82, 2.24) is 5.32 Å². The summed E-state index contributed by atoms with van der Waals surface area (Å²) in [5.41, 5.74) is 4.11. The van der Waals surface area contributed by atoms with Gasteiger partial charge in [0.15, 0.2) is 0 Å². The summed E-state index contributed by atoms with van der Waals surface area (Å²) in [6.45, 7) is 8.20. The maximum absolute atomic E-state index is 12.4. The molecule has 1 N–H and O–H groups in total. The predicted octanol–water partition coefficient (Wildman–Crippen LogP) is 4.74. The first-order chi connectivity index (χ1) is 11.8. The van der Waals surface area contributed by atoms with Gasteiger partial charge in [-0.3, -0.25) is 4.79 Å². The van der Waals surface area contributed by atoms with Crippen LogP contribution in [0.1, 0.15) is 48.6 Å². The molecule has 130 valence electrons. The molecular weight excluding hydrogens is 310 g/mol. The molecule has 0 saturated heterocycles. The van der Waals surface area contributed by atoms with E-state index in [0.717, 1.165) is 28.9 Å². The van der Waals surface area contributed by atoms with Gasteiger partial charge in [0.2, 0.25) is 5.91 Å². The van der Waals surface area contributed by atoms with E-state index in [1.54, 1.807) is 6.08 Å². The Morgan fingerprint density at radius 2 is 1.80 bits per heavy atom. The minimum Gasteiger partial charge on any atom is -0.487 e. The number of benzene rings is 2. The van der Waals surface area contributed by atoms with Crippen LogP contribution in [0.3, 0.4) is 0 Å². The molecule has 1 aliphatic heterocycles. The molecule has 3 heteroatoms. The molecule has 0 aliphatic carbocycles. The summed E-state index contributed by atoms with van der Waals surface area (Å²) in [5.74, 6) is 0.777. The van der Waals surface area contributed by atoms with Crippen molar-refractivity contribution >= 4 is 12.0 Å². The molecule has 2 aromatic carbocycles. The Balaban J connectivity index is 1.75. The summed E-state index contributed by atoms with van der Waals surface area (Å²) < 4.78 is 6.08. The topological polar surface area (TPSA) is 38.3 Å². The second-order valence-corrected chi connectivity index (χ2v) is 7.41. The highest BCUT2D eigenvalue weighted by molar-refractivity contribution is 5.92. The summed E-state index contributed by atoms with van der Waals surface area (Å²) >= 11 is 0. The molecule has 0 radical (unpaired) electrons. The van der Waals surface area contributed by atoms with Crippen molar-refractivity contribution in [3.05, 3.63) is 70.8 Å². The number of amides is 1. The highest BCUT2D eigenvalue weighted by Gasteiger charge is 2.34. The Kier molecular flexibility index (Phi) is 4.67. The molecule has 0 spiro atoms. The van der Waals surface area contributed by atoms with Gasteiger partial charge >= 0.3 is 0 Å². The van der Waals surface area contributed by atoms with Crippen molar-refractivity contribution in [2.24, 2.45) is 0 Å². The van der Waals surface area contributed by atoms with Crippen LogP contribution in [0.2, 0.25) is 0 Å². The molecule has 1 aliphatic rings. The minimum atomic E-state index is -0.306. The molecular formula is C22H25NO2. The summed E-state index contributed by atoms with van der Waals surface area (Å²) in [6.07, 6.45) is 4.18. The van der Waals surface area contributed by atoms with Crippen LogP contribution < -0.4 is 10.1 Å². The average molecular weight is 335 g/mol. The summed E-state index contributed by atoms with van der Waals surface area (Å²) in [5, 5.41) is 3.13. The van der Waals surface area contributed by atoms with Crippen LogP contribution in [0.4, 0.5) is 0 Å². The lowest BCUT2D eigenvalue weighted by atomic mass is 9.89.